The number of aliphatic hydroxyl groups excluding tert-OH is 1. The number of hydrogen-bond donors (Lipinski definition) is 3. The van der Waals surface area contributed by atoms with Gasteiger partial charge in [0.25, 0.3) is 0 Å². The molecule has 74 valence electrons. The smallest absolute Gasteiger partial charge is 0.186 e. The highest BCUT2D eigenvalue weighted by atomic mass is 16.6. The van der Waals surface area contributed by atoms with Gasteiger partial charge in [-0.25, -0.2) is 0 Å². The summed E-state index contributed by atoms with van der Waals surface area (Å²) in [5.74, 6) is -1.72. The van der Waals surface area contributed by atoms with Crippen LogP contribution < -0.4 is 0 Å². The molecule has 0 aliphatic carbocycles. The van der Waals surface area contributed by atoms with Gasteiger partial charge in [0.05, 0.1) is 6.10 Å². The molecule has 1 atom stereocenters. The third-order valence-corrected chi connectivity index (χ3v) is 1.58. The van der Waals surface area contributed by atoms with Crippen LogP contribution in [-0.4, -0.2) is 40.4 Å². The van der Waals surface area contributed by atoms with Gasteiger partial charge in [-0.15, -0.1) is 0 Å². The van der Waals surface area contributed by atoms with Crippen molar-refractivity contribution in [1.82, 2.24) is 0 Å². The van der Waals surface area contributed by atoms with Gasteiger partial charge < -0.3 is 20.1 Å². The van der Waals surface area contributed by atoms with Crippen molar-refractivity contribution in [1.29, 1.82) is 0 Å². The zero-order valence-corrected chi connectivity index (χ0v) is 7.66. The van der Waals surface area contributed by atoms with Crippen molar-refractivity contribution < 1.29 is 20.1 Å². The van der Waals surface area contributed by atoms with E-state index in [1.165, 1.54) is 0 Å². The van der Waals surface area contributed by atoms with Crippen LogP contribution in [0.25, 0.3) is 0 Å². The molecule has 3 N–H and O–H groups in total. The molecular weight excluding hydrogens is 160 g/mol. The average Bonchev–Trinajstić information content (AvgIpc) is 1.98. The van der Waals surface area contributed by atoms with E-state index in [9.17, 15) is 0 Å². The van der Waals surface area contributed by atoms with Crippen LogP contribution in [0.5, 0.6) is 0 Å². The van der Waals surface area contributed by atoms with Gasteiger partial charge >= 0.3 is 0 Å². The molecule has 4 nitrogen and oxygen atoms in total. The van der Waals surface area contributed by atoms with E-state index in [1.807, 2.05) is 0 Å². The molecule has 0 aromatic carbocycles. The predicted octanol–water partition coefficient (Wildman–Crippen LogP) is -0.135. The molecule has 4 heteroatoms. The first-order valence-electron chi connectivity index (χ1n) is 4.18. The van der Waals surface area contributed by atoms with Gasteiger partial charge in [0.2, 0.25) is 0 Å². The second-order valence-corrected chi connectivity index (χ2v) is 3.03. The number of rotatable bonds is 6. The van der Waals surface area contributed by atoms with E-state index in [-0.39, 0.29) is 13.0 Å². The Kier molecular flexibility index (Phi) is 5.41. The quantitative estimate of drug-likeness (QED) is 0.391. The van der Waals surface area contributed by atoms with Crippen LogP contribution in [0.2, 0.25) is 0 Å². The molecule has 0 radical (unpaired) electrons. The molecule has 0 aliphatic heterocycles. The van der Waals surface area contributed by atoms with E-state index in [2.05, 4.69) is 0 Å². The minimum atomic E-state index is -1.72. The Morgan fingerprint density at radius 2 is 2.00 bits per heavy atom. The van der Waals surface area contributed by atoms with E-state index < -0.39 is 11.9 Å². The normalized spacial score (nSPS) is 14.8. The molecule has 1 unspecified atom stereocenters. The number of aliphatic hydroxyl groups is 3. The van der Waals surface area contributed by atoms with Crippen molar-refractivity contribution in [2.24, 2.45) is 0 Å². The molecular formula is C8H18O4. The summed E-state index contributed by atoms with van der Waals surface area (Å²) in [6.07, 6.45) is 0.347. The molecule has 0 saturated heterocycles. The van der Waals surface area contributed by atoms with Crippen LogP contribution in [0.4, 0.5) is 0 Å². The van der Waals surface area contributed by atoms with Crippen molar-refractivity contribution in [3.8, 4) is 0 Å². The molecule has 0 saturated carbocycles. The summed E-state index contributed by atoms with van der Waals surface area (Å²) >= 11 is 0. The summed E-state index contributed by atoms with van der Waals surface area (Å²) in [5.41, 5.74) is 0. The molecule has 0 bridgehead atoms. The van der Waals surface area contributed by atoms with Crippen LogP contribution in [0.15, 0.2) is 0 Å². The lowest BCUT2D eigenvalue weighted by Gasteiger charge is -2.19. The van der Waals surface area contributed by atoms with Gasteiger partial charge in [-0.1, -0.05) is 6.92 Å². The zero-order chi connectivity index (χ0) is 9.61. The second-order valence-electron chi connectivity index (χ2n) is 3.03. The summed E-state index contributed by atoms with van der Waals surface area (Å²) in [7, 11) is 0. The first-order valence-corrected chi connectivity index (χ1v) is 4.18. The van der Waals surface area contributed by atoms with Crippen molar-refractivity contribution in [3.63, 3.8) is 0 Å². The van der Waals surface area contributed by atoms with E-state index in [4.69, 9.17) is 20.1 Å². The maximum Gasteiger partial charge on any atom is 0.186 e. The molecule has 0 aromatic heterocycles. The Balaban J connectivity index is 3.31. The van der Waals surface area contributed by atoms with Crippen LogP contribution in [-0.2, 0) is 4.74 Å². The van der Waals surface area contributed by atoms with Crippen LogP contribution in [0.1, 0.15) is 26.7 Å². The fraction of sp³-hybridized carbons (Fsp3) is 1.00. The highest BCUT2D eigenvalue weighted by Crippen LogP contribution is 2.05. The number of hydrogen-bond acceptors (Lipinski definition) is 4. The highest BCUT2D eigenvalue weighted by molar-refractivity contribution is 4.59. The maximum atomic E-state index is 9.06. The minimum Gasteiger partial charge on any atom is -0.393 e. The van der Waals surface area contributed by atoms with Crippen LogP contribution in [0, 0.1) is 0 Å². The third kappa shape index (κ3) is 6.54. The Morgan fingerprint density at radius 1 is 1.42 bits per heavy atom. The second kappa shape index (κ2) is 5.48. The topological polar surface area (TPSA) is 69.9 Å². The maximum absolute atomic E-state index is 9.06. The summed E-state index contributed by atoms with van der Waals surface area (Å²) in [6, 6.07) is 0. The largest absolute Gasteiger partial charge is 0.393 e. The van der Waals surface area contributed by atoms with Gasteiger partial charge in [-0.3, -0.25) is 0 Å². The van der Waals surface area contributed by atoms with Gasteiger partial charge in [0.1, 0.15) is 6.61 Å². The SMILES string of the molecule is CCC(O)(O)COCCC(C)O. The third-order valence-electron chi connectivity index (χ3n) is 1.58. The summed E-state index contributed by atoms with van der Waals surface area (Å²) in [5, 5.41) is 26.9. The van der Waals surface area contributed by atoms with Crippen molar-refractivity contribution >= 4 is 0 Å². The van der Waals surface area contributed by atoms with Gasteiger partial charge in [0.15, 0.2) is 5.79 Å². The molecule has 0 fully saturated rings. The Hall–Kier alpha value is -0.160. The van der Waals surface area contributed by atoms with Crippen molar-refractivity contribution in [2.75, 3.05) is 13.2 Å². The molecule has 0 rings (SSSR count). The minimum absolute atomic E-state index is 0.101. The van der Waals surface area contributed by atoms with Crippen LogP contribution in [0.3, 0.4) is 0 Å². The lowest BCUT2D eigenvalue weighted by molar-refractivity contribution is -0.199. The van der Waals surface area contributed by atoms with E-state index in [0.717, 1.165) is 0 Å². The molecule has 0 heterocycles. The van der Waals surface area contributed by atoms with Gasteiger partial charge in [-0.05, 0) is 13.3 Å². The summed E-state index contributed by atoms with van der Waals surface area (Å²) < 4.78 is 4.94. The van der Waals surface area contributed by atoms with Crippen LogP contribution >= 0.6 is 0 Å². The Morgan fingerprint density at radius 3 is 2.42 bits per heavy atom. The molecule has 0 amide bonds. The summed E-state index contributed by atoms with van der Waals surface area (Å²) in [4.78, 5) is 0. The molecule has 12 heavy (non-hydrogen) atoms. The lowest BCUT2D eigenvalue weighted by Crippen LogP contribution is -2.33. The Labute approximate surface area is 72.8 Å². The fourth-order valence-corrected chi connectivity index (χ4v) is 0.592. The highest BCUT2D eigenvalue weighted by Gasteiger charge is 2.19. The monoisotopic (exact) mass is 178 g/mol. The Bertz CT molecular complexity index is 112. The average molecular weight is 178 g/mol. The van der Waals surface area contributed by atoms with Gasteiger partial charge in [-0.2, -0.15) is 0 Å². The first-order chi connectivity index (χ1) is 5.48. The van der Waals surface area contributed by atoms with E-state index >= 15 is 0 Å². The standard InChI is InChI=1S/C8H18O4/c1-3-8(10,11)6-12-5-4-7(2)9/h7,9-11H,3-6H2,1-2H3. The van der Waals surface area contributed by atoms with E-state index in [1.54, 1.807) is 13.8 Å². The zero-order valence-electron chi connectivity index (χ0n) is 7.66. The fourth-order valence-electron chi connectivity index (χ4n) is 0.592. The van der Waals surface area contributed by atoms with Crippen molar-refractivity contribution in [3.05, 3.63) is 0 Å². The number of ether oxygens (including phenoxy) is 1. The lowest BCUT2D eigenvalue weighted by atomic mass is 10.2. The molecule has 0 aromatic rings. The van der Waals surface area contributed by atoms with Crippen molar-refractivity contribution in [2.45, 2.75) is 38.6 Å². The molecule has 0 spiro atoms. The van der Waals surface area contributed by atoms with E-state index in [0.29, 0.717) is 13.0 Å². The first kappa shape index (κ1) is 11.8. The summed E-state index contributed by atoms with van der Waals surface area (Å²) in [6.45, 7) is 3.57. The predicted molar refractivity (Wildman–Crippen MR) is 44.6 cm³/mol. The molecule has 0 aliphatic rings. The van der Waals surface area contributed by atoms with Gasteiger partial charge in [0, 0.05) is 13.0 Å².